The van der Waals surface area contributed by atoms with Gasteiger partial charge in [0.15, 0.2) is 5.78 Å². The van der Waals surface area contributed by atoms with Crippen LogP contribution >= 0.6 is 0 Å². The molecule has 0 heterocycles. The fraction of sp³-hybridized carbons (Fsp3) is 0.556. The largest absolute Gasteiger partial charge is 0.501 e. The van der Waals surface area contributed by atoms with Crippen LogP contribution in [0.5, 0.6) is 0 Å². The molecule has 0 spiro atoms. The van der Waals surface area contributed by atoms with Crippen LogP contribution in [0.15, 0.2) is 16.8 Å². The lowest BCUT2D eigenvalue weighted by Gasteiger charge is -1.98. The van der Waals surface area contributed by atoms with E-state index in [1.807, 2.05) is 13.8 Å². The summed E-state index contributed by atoms with van der Waals surface area (Å²) in [6.07, 6.45) is 3.45. The van der Waals surface area contributed by atoms with Crippen LogP contribution in [-0.2, 0) is 9.53 Å². The van der Waals surface area contributed by atoms with Gasteiger partial charge in [-0.25, -0.2) is 0 Å². The Balaban J connectivity index is 4.31. The van der Waals surface area contributed by atoms with E-state index >= 15 is 0 Å². The molecule has 0 bridgehead atoms. The highest BCUT2D eigenvalue weighted by Crippen LogP contribution is 1.97. The van der Waals surface area contributed by atoms with E-state index < -0.39 is 0 Å². The van der Waals surface area contributed by atoms with Crippen molar-refractivity contribution in [3.05, 3.63) is 11.8 Å². The standard InChI is InChI=1S/C9H15NO2/c1-4-9(11)8(6-10-3)7-12-5-2/h6-7H,4-5H2,1-3H3/b8-7+,10-6-. The van der Waals surface area contributed by atoms with E-state index in [-0.39, 0.29) is 5.78 Å². The molecule has 0 amide bonds. The lowest BCUT2D eigenvalue weighted by molar-refractivity contribution is -0.114. The molecule has 0 saturated heterocycles. The van der Waals surface area contributed by atoms with Crippen molar-refractivity contribution in [2.45, 2.75) is 20.3 Å². The topological polar surface area (TPSA) is 38.7 Å². The highest BCUT2D eigenvalue weighted by atomic mass is 16.5. The zero-order chi connectivity index (χ0) is 9.40. The normalized spacial score (nSPS) is 12.1. The van der Waals surface area contributed by atoms with Crippen LogP contribution in [-0.4, -0.2) is 25.7 Å². The molecule has 0 unspecified atom stereocenters. The molecule has 0 aromatic rings. The van der Waals surface area contributed by atoms with Crippen LogP contribution in [0.1, 0.15) is 20.3 Å². The Morgan fingerprint density at radius 3 is 2.58 bits per heavy atom. The summed E-state index contributed by atoms with van der Waals surface area (Å²) in [7, 11) is 1.63. The molecule has 0 aromatic heterocycles. The first-order valence-corrected chi connectivity index (χ1v) is 4.03. The van der Waals surface area contributed by atoms with Gasteiger partial charge in [0.2, 0.25) is 0 Å². The van der Waals surface area contributed by atoms with Gasteiger partial charge in [-0.1, -0.05) is 6.92 Å². The predicted octanol–water partition coefficient (Wildman–Crippen LogP) is 1.59. The number of hydrogen-bond donors (Lipinski definition) is 0. The molecular formula is C9H15NO2. The molecule has 0 rings (SSSR count). The minimum atomic E-state index is 0.0500. The number of Topliss-reactive ketones (excluding diaryl/α,β-unsaturated/α-hetero) is 1. The Labute approximate surface area is 73.1 Å². The van der Waals surface area contributed by atoms with E-state index in [0.29, 0.717) is 18.6 Å². The molecule has 0 N–H and O–H groups in total. The van der Waals surface area contributed by atoms with Gasteiger partial charge >= 0.3 is 0 Å². The predicted molar refractivity (Wildman–Crippen MR) is 49.4 cm³/mol. The minimum absolute atomic E-state index is 0.0500. The van der Waals surface area contributed by atoms with Gasteiger partial charge in [0, 0.05) is 19.7 Å². The fourth-order valence-electron chi connectivity index (χ4n) is 0.684. The molecule has 0 fully saturated rings. The van der Waals surface area contributed by atoms with Crippen LogP contribution in [0, 0.1) is 0 Å². The first kappa shape index (κ1) is 10.9. The molecule has 68 valence electrons. The van der Waals surface area contributed by atoms with Crippen LogP contribution in [0.4, 0.5) is 0 Å². The van der Waals surface area contributed by atoms with Crippen LogP contribution in [0.2, 0.25) is 0 Å². The third-order valence-electron chi connectivity index (χ3n) is 1.29. The number of nitrogens with zero attached hydrogens (tertiary/aromatic N) is 1. The molecule has 0 aromatic carbocycles. The Bertz CT molecular complexity index is 195. The van der Waals surface area contributed by atoms with Crippen molar-refractivity contribution in [3.8, 4) is 0 Å². The summed E-state index contributed by atoms with van der Waals surface area (Å²) in [4.78, 5) is 14.9. The fourth-order valence-corrected chi connectivity index (χ4v) is 0.684. The number of aliphatic imine (C=N–C) groups is 1. The van der Waals surface area contributed by atoms with Crippen molar-refractivity contribution in [2.24, 2.45) is 4.99 Å². The monoisotopic (exact) mass is 169 g/mol. The van der Waals surface area contributed by atoms with Crippen molar-refractivity contribution in [1.82, 2.24) is 0 Å². The first-order chi connectivity index (χ1) is 5.76. The maximum Gasteiger partial charge on any atom is 0.167 e. The van der Waals surface area contributed by atoms with Gasteiger partial charge < -0.3 is 4.74 Å². The molecule has 0 radical (unpaired) electrons. The summed E-state index contributed by atoms with van der Waals surface area (Å²) in [5, 5.41) is 0. The molecule has 0 aliphatic carbocycles. The smallest absolute Gasteiger partial charge is 0.167 e. The van der Waals surface area contributed by atoms with Crippen molar-refractivity contribution in [2.75, 3.05) is 13.7 Å². The van der Waals surface area contributed by atoms with Crippen molar-refractivity contribution < 1.29 is 9.53 Å². The number of ketones is 1. The Hall–Kier alpha value is -1.12. The first-order valence-electron chi connectivity index (χ1n) is 4.03. The minimum Gasteiger partial charge on any atom is -0.501 e. The number of rotatable bonds is 5. The Morgan fingerprint density at radius 1 is 1.50 bits per heavy atom. The van der Waals surface area contributed by atoms with Crippen molar-refractivity contribution in [1.29, 1.82) is 0 Å². The van der Waals surface area contributed by atoms with E-state index in [1.165, 1.54) is 12.5 Å². The van der Waals surface area contributed by atoms with Crippen LogP contribution in [0.3, 0.4) is 0 Å². The summed E-state index contributed by atoms with van der Waals surface area (Å²) in [6, 6.07) is 0. The van der Waals surface area contributed by atoms with Gasteiger partial charge in [0.1, 0.15) is 0 Å². The zero-order valence-electron chi connectivity index (χ0n) is 7.83. The summed E-state index contributed by atoms with van der Waals surface area (Å²) in [5.41, 5.74) is 0.529. The summed E-state index contributed by atoms with van der Waals surface area (Å²) >= 11 is 0. The SMILES string of the molecule is CCO/C=C(\C=N/C)C(=O)CC. The van der Waals surface area contributed by atoms with E-state index in [4.69, 9.17) is 4.74 Å². The summed E-state index contributed by atoms with van der Waals surface area (Å²) in [6.45, 7) is 4.25. The lowest BCUT2D eigenvalue weighted by atomic mass is 10.1. The maximum atomic E-state index is 11.2. The molecule has 3 nitrogen and oxygen atoms in total. The summed E-state index contributed by atoms with van der Waals surface area (Å²) in [5.74, 6) is 0.0500. The third kappa shape index (κ3) is 3.91. The van der Waals surface area contributed by atoms with E-state index in [2.05, 4.69) is 4.99 Å². The molecule has 0 saturated carbocycles. The third-order valence-corrected chi connectivity index (χ3v) is 1.29. The molecule has 0 atom stereocenters. The Morgan fingerprint density at radius 2 is 2.17 bits per heavy atom. The quantitative estimate of drug-likeness (QED) is 0.356. The molecule has 0 aliphatic heterocycles. The number of ether oxygens (including phenoxy) is 1. The van der Waals surface area contributed by atoms with Crippen LogP contribution < -0.4 is 0 Å². The van der Waals surface area contributed by atoms with Gasteiger partial charge in [-0.2, -0.15) is 0 Å². The molecule has 0 aliphatic rings. The van der Waals surface area contributed by atoms with Crippen LogP contribution in [0.25, 0.3) is 0 Å². The number of allylic oxidation sites excluding steroid dienone is 1. The second kappa shape index (κ2) is 6.58. The lowest BCUT2D eigenvalue weighted by Crippen LogP contribution is -2.02. The second-order valence-corrected chi connectivity index (χ2v) is 2.19. The highest BCUT2D eigenvalue weighted by molar-refractivity contribution is 6.12. The second-order valence-electron chi connectivity index (χ2n) is 2.19. The van der Waals surface area contributed by atoms with E-state index in [9.17, 15) is 4.79 Å². The zero-order valence-corrected chi connectivity index (χ0v) is 7.83. The van der Waals surface area contributed by atoms with Gasteiger partial charge in [0.25, 0.3) is 0 Å². The maximum absolute atomic E-state index is 11.2. The van der Waals surface area contributed by atoms with Crippen molar-refractivity contribution in [3.63, 3.8) is 0 Å². The van der Waals surface area contributed by atoms with Gasteiger partial charge in [-0.3, -0.25) is 9.79 Å². The molecule has 12 heavy (non-hydrogen) atoms. The molecule has 3 heteroatoms. The highest BCUT2D eigenvalue weighted by Gasteiger charge is 2.03. The van der Waals surface area contributed by atoms with E-state index in [0.717, 1.165) is 0 Å². The average molecular weight is 169 g/mol. The Kier molecular flexibility index (Phi) is 5.97. The van der Waals surface area contributed by atoms with Crippen molar-refractivity contribution >= 4 is 12.0 Å². The number of carbonyl (C=O) groups excluding carboxylic acids is 1. The van der Waals surface area contributed by atoms with E-state index in [1.54, 1.807) is 7.05 Å². The number of carbonyl (C=O) groups is 1. The van der Waals surface area contributed by atoms with Gasteiger partial charge in [0.05, 0.1) is 18.4 Å². The van der Waals surface area contributed by atoms with Gasteiger partial charge in [-0.05, 0) is 6.92 Å². The summed E-state index contributed by atoms with van der Waals surface area (Å²) < 4.78 is 5.00. The van der Waals surface area contributed by atoms with Gasteiger partial charge in [-0.15, -0.1) is 0 Å². The molecular weight excluding hydrogens is 154 g/mol. The number of hydrogen-bond acceptors (Lipinski definition) is 3. The average Bonchev–Trinajstić information content (AvgIpc) is 2.11.